The van der Waals surface area contributed by atoms with E-state index in [0.29, 0.717) is 19.3 Å². The summed E-state index contributed by atoms with van der Waals surface area (Å²) in [7, 11) is 5.51. The molecule has 8 nitrogen and oxygen atoms in total. The summed E-state index contributed by atoms with van der Waals surface area (Å²) in [6.07, 6.45) is 67.0. The molecule has 0 saturated carbocycles. The lowest BCUT2D eigenvalue weighted by Gasteiger charge is -2.31. The molecule has 0 rings (SSSR count). The van der Waals surface area contributed by atoms with Crippen molar-refractivity contribution in [1.82, 2.24) is 0 Å². The zero-order valence-corrected chi connectivity index (χ0v) is 43.3. The van der Waals surface area contributed by atoms with Crippen LogP contribution in [0.1, 0.15) is 194 Å². The van der Waals surface area contributed by atoms with E-state index < -0.39 is 18.1 Å². The van der Waals surface area contributed by atoms with Crippen LogP contribution in [0.15, 0.2) is 109 Å². The van der Waals surface area contributed by atoms with E-state index in [0.717, 1.165) is 122 Å². The van der Waals surface area contributed by atoms with Crippen LogP contribution in [0.2, 0.25) is 0 Å². The van der Waals surface area contributed by atoms with Gasteiger partial charge in [-0.25, -0.2) is 4.79 Å². The maximum atomic E-state index is 12.8. The van der Waals surface area contributed by atoms with E-state index in [1.54, 1.807) is 0 Å². The first-order valence-electron chi connectivity index (χ1n) is 26.4. The highest BCUT2D eigenvalue weighted by Crippen LogP contribution is 2.13. The molecule has 2 unspecified atom stereocenters. The van der Waals surface area contributed by atoms with Crippen molar-refractivity contribution in [1.29, 1.82) is 0 Å². The second kappa shape index (κ2) is 48.4. The minimum Gasteiger partial charge on any atom is -0.477 e. The Morgan fingerprint density at radius 3 is 1.24 bits per heavy atom. The number of likely N-dealkylation sites (N-methyl/N-ethyl adjacent to an activating group) is 1. The van der Waals surface area contributed by atoms with Crippen molar-refractivity contribution >= 4 is 17.9 Å². The smallest absolute Gasteiger partial charge is 0.362 e. The van der Waals surface area contributed by atoms with Gasteiger partial charge in [-0.3, -0.25) is 9.59 Å². The van der Waals surface area contributed by atoms with Crippen LogP contribution in [-0.2, 0) is 28.6 Å². The summed E-state index contributed by atoms with van der Waals surface area (Å²) in [5, 5.41) is 9.66. The molecule has 0 amide bonds. The standard InChI is InChI=1S/C59H97NO7/c1-6-8-10-12-14-16-18-20-22-24-26-28-30-31-33-35-37-39-41-43-45-47-49-57(61)66-54-55(53-65-52-51-56(59(63)64)60(3,4)5)67-58(62)50-48-46-44-42-40-38-36-34-32-29-27-25-23-21-19-17-15-13-11-9-7-2/h8,10,14-17,20-23,26-29,31,33-34,36,55-56H,6-7,9,11-13,18-19,24-25,30,32,35,37-54H2,1-5H3/p+1/b10-8+,16-14+,17-15+,22-20+,23-21+,28-26+,29-27+,33-31+,36-34+. The van der Waals surface area contributed by atoms with Gasteiger partial charge >= 0.3 is 17.9 Å². The second-order valence-corrected chi connectivity index (χ2v) is 18.4. The maximum absolute atomic E-state index is 12.8. The number of quaternary nitrogens is 1. The lowest BCUT2D eigenvalue weighted by atomic mass is 10.1. The van der Waals surface area contributed by atoms with E-state index in [1.807, 2.05) is 21.1 Å². The number of unbranched alkanes of at least 4 members (excludes halogenated alkanes) is 14. The summed E-state index contributed by atoms with van der Waals surface area (Å²) in [6, 6.07) is -0.629. The summed E-state index contributed by atoms with van der Waals surface area (Å²) >= 11 is 0. The maximum Gasteiger partial charge on any atom is 0.362 e. The Labute approximate surface area is 410 Å². The lowest BCUT2D eigenvalue weighted by molar-refractivity contribution is -0.887. The minimum atomic E-state index is -0.884. The third-order valence-corrected chi connectivity index (χ3v) is 11.2. The third kappa shape index (κ3) is 46.9. The molecule has 0 aliphatic rings. The Morgan fingerprint density at radius 1 is 0.463 bits per heavy atom. The van der Waals surface area contributed by atoms with Crippen molar-refractivity contribution in [2.75, 3.05) is 41.0 Å². The topological polar surface area (TPSA) is 99.1 Å². The summed E-state index contributed by atoms with van der Waals surface area (Å²) in [6.45, 7) is 4.55. The molecule has 0 aromatic carbocycles. The molecule has 1 N–H and O–H groups in total. The van der Waals surface area contributed by atoms with Crippen LogP contribution in [-0.4, -0.2) is 80.6 Å². The average molecular weight is 933 g/mol. The number of rotatable bonds is 46. The molecule has 0 aliphatic carbocycles. The monoisotopic (exact) mass is 933 g/mol. The zero-order valence-electron chi connectivity index (χ0n) is 43.3. The van der Waals surface area contributed by atoms with Gasteiger partial charge in [-0.2, -0.15) is 0 Å². The van der Waals surface area contributed by atoms with Crippen molar-refractivity contribution in [3.63, 3.8) is 0 Å². The summed E-state index contributed by atoms with van der Waals surface area (Å²) < 4.78 is 17.3. The highest BCUT2D eigenvalue weighted by atomic mass is 16.6. The highest BCUT2D eigenvalue weighted by Gasteiger charge is 2.31. The summed E-state index contributed by atoms with van der Waals surface area (Å²) in [5.41, 5.74) is 0. The number of carbonyl (C=O) groups excluding carboxylic acids is 2. The molecule has 0 aliphatic heterocycles. The Balaban J connectivity index is 4.34. The average Bonchev–Trinajstić information content (AvgIpc) is 3.29. The number of carboxylic acids is 1. The first-order chi connectivity index (χ1) is 32.6. The molecule has 0 bridgehead atoms. The SMILES string of the molecule is CC/C=C/C/C=C/C/C=C/C/C=C/C/C=C/CCCCCCCCC(=O)OCC(COCCC(C(=O)O)[N+](C)(C)C)OC(=O)CCCCCCC/C=C/C/C=C/C/C=C/C/C=C/CCCCC. The molecule has 0 aromatic rings. The molecule has 2 atom stereocenters. The fourth-order valence-corrected chi connectivity index (χ4v) is 7.10. The van der Waals surface area contributed by atoms with Gasteiger partial charge in [0, 0.05) is 19.3 Å². The fourth-order valence-electron chi connectivity index (χ4n) is 7.10. The predicted octanol–water partition coefficient (Wildman–Crippen LogP) is 15.6. The number of esters is 2. The molecule has 0 radical (unpaired) electrons. The van der Waals surface area contributed by atoms with Crippen molar-refractivity contribution in [3.05, 3.63) is 109 Å². The first kappa shape index (κ1) is 63.0. The van der Waals surface area contributed by atoms with Gasteiger partial charge in [0.15, 0.2) is 12.1 Å². The van der Waals surface area contributed by atoms with Crippen LogP contribution in [0.4, 0.5) is 0 Å². The van der Waals surface area contributed by atoms with Gasteiger partial charge in [0.05, 0.1) is 34.4 Å². The molecular weight excluding hydrogens is 835 g/mol. The Hall–Kier alpha value is -4.01. The van der Waals surface area contributed by atoms with Crippen LogP contribution in [0.3, 0.4) is 0 Å². The Morgan fingerprint density at radius 2 is 0.836 bits per heavy atom. The molecule has 0 spiro atoms. The van der Waals surface area contributed by atoms with E-state index in [9.17, 15) is 19.5 Å². The van der Waals surface area contributed by atoms with Crippen molar-refractivity contribution in [2.24, 2.45) is 0 Å². The molecule has 380 valence electrons. The molecule has 0 fully saturated rings. The Kier molecular flexibility index (Phi) is 45.5. The van der Waals surface area contributed by atoms with Crippen molar-refractivity contribution < 1.29 is 38.2 Å². The largest absolute Gasteiger partial charge is 0.477 e. The highest BCUT2D eigenvalue weighted by molar-refractivity contribution is 5.72. The van der Waals surface area contributed by atoms with Crippen molar-refractivity contribution in [2.45, 2.75) is 206 Å². The van der Waals surface area contributed by atoms with E-state index in [4.69, 9.17) is 14.2 Å². The number of aliphatic carboxylic acids is 1. The molecule has 8 heteroatoms. The van der Waals surface area contributed by atoms with E-state index >= 15 is 0 Å². The minimum absolute atomic E-state index is 0.0413. The zero-order chi connectivity index (χ0) is 49.2. The van der Waals surface area contributed by atoms with Gasteiger partial charge in [0.1, 0.15) is 6.61 Å². The quantitative estimate of drug-likeness (QED) is 0.0281. The van der Waals surface area contributed by atoms with Crippen LogP contribution >= 0.6 is 0 Å². The van der Waals surface area contributed by atoms with Gasteiger partial charge in [-0.15, -0.1) is 0 Å². The summed E-state index contributed by atoms with van der Waals surface area (Å²) in [5.74, 6) is -1.52. The van der Waals surface area contributed by atoms with Gasteiger partial charge in [-0.05, 0) is 103 Å². The number of nitrogens with zero attached hydrogens (tertiary/aromatic N) is 1. The Bertz CT molecular complexity index is 1460. The predicted molar refractivity (Wildman–Crippen MR) is 284 cm³/mol. The number of carbonyl (C=O) groups is 3. The molecule has 0 aromatic heterocycles. The molecule has 0 saturated heterocycles. The number of hydrogen-bond donors (Lipinski definition) is 1. The van der Waals surface area contributed by atoms with Crippen LogP contribution in [0.25, 0.3) is 0 Å². The third-order valence-electron chi connectivity index (χ3n) is 11.2. The van der Waals surface area contributed by atoms with Crippen LogP contribution < -0.4 is 0 Å². The second-order valence-electron chi connectivity index (χ2n) is 18.4. The molecule has 0 heterocycles. The first-order valence-corrected chi connectivity index (χ1v) is 26.4. The lowest BCUT2D eigenvalue weighted by Crippen LogP contribution is -2.50. The number of allylic oxidation sites excluding steroid dienone is 18. The fraction of sp³-hybridized carbons (Fsp3) is 0.644. The van der Waals surface area contributed by atoms with Crippen molar-refractivity contribution in [3.8, 4) is 0 Å². The normalized spacial score (nSPS) is 13.7. The molecule has 67 heavy (non-hydrogen) atoms. The van der Waals surface area contributed by atoms with E-state index in [1.165, 1.54) is 38.5 Å². The van der Waals surface area contributed by atoms with Gasteiger partial charge in [-0.1, -0.05) is 181 Å². The molecular formula is C59H98NO7+. The van der Waals surface area contributed by atoms with Gasteiger partial charge in [0.25, 0.3) is 0 Å². The number of carboxylic acid groups (broad SMARTS) is 1. The van der Waals surface area contributed by atoms with Crippen LogP contribution in [0.5, 0.6) is 0 Å². The van der Waals surface area contributed by atoms with E-state index in [2.05, 4.69) is 123 Å². The van der Waals surface area contributed by atoms with E-state index in [-0.39, 0.29) is 36.2 Å². The summed E-state index contributed by atoms with van der Waals surface area (Å²) in [4.78, 5) is 37.2. The van der Waals surface area contributed by atoms with Crippen LogP contribution in [0, 0.1) is 0 Å². The van der Waals surface area contributed by atoms with Gasteiger partial charge < -0.3 is 23.8 Å². The number of hydrogen-bond acceptors (Lipinski definition) is 6. The van der Waals surface area contributed by atoms with Gasteiger partial charge in [0.2, 0.25) is 0 Å². The number of ether oxygens (including phenoxy) is 3.